The zero-order chi connectivity index (χ0) is 11.3. The second-order valence-corrected chi connectivity index (χ2v) is 6.78. The fourth-order valence-electron chi connectivity index (χ4n) is 1.41. The molecule has 0 fully saturated rings. The first-order valence-electron chi connectivity index (χ1n) is 4.97. The average molecular weight is 331 g/mol. The lowest BCUT2D eigenvalue weighted by Gasteiger charge is -2.20. The molecule has 0 heterocycles. The van der Waals surface area contributed by atoms with Gasteiger partial charge in [-0.3, -0.25) is 0 Å². The molecule has 1 rings (SSSR count). The molecule has 0 bridgehead atoms. The summed E-state index contributed by atoms with van der Waals surface area (Å²) < 4.78 is 7.25. The lowest BCUT2D eigenvalue weighted by molar-refractivity contribution is 0.212. The zero-order valence-electron chi connectivity index (χ0n) is 9.16. The molecule has 1 radical (unpaired) electrons. The Morgan fingerprint density at radius 2 is 2.13 bits per heavy atom. The molecule has 0 aromatic heterocycles. The highest BCUT2D eigenvalue weighted by Gasteiger charge is 2.14. The highest BCUT2D eigenvalue weighted by molar-refractivity contribution is 14.1. The predicted octanol–water partition coefficient (Wildman–Crippen LogP) is 4.18. The van der Waals surface area contributed by atoms with Crippen LogP contribution in [0.3, 0.4) is 0 Å². The Hall–Kier alpha value is -0.133. The van der Waals surface area contributed by atoms with Gasteiger partial charge in [-0.1, -0.05) is 24.3 Å². The summed E-state index contributed by atoms with van der Waals surface area (Å²) in [5, 5.41) is 0. The van der Waals surface area contributed by atoms with Crippen LogP contribution in [0.15, 0.2) is 36.9 Å². The smallest absolute Gasteiger partial charge is 0.205 e. The van der Waals surface area contributed by atoms with E-state index in [1.165, 1.54) is 9.13 Å². The van der Waals surface area contributed by atoms with Crippen molar-refractivity contribution in [3.8, 4) is 0 Å². The number of benzene rings is 1. The van der Waals surface area contributed by atoms with Crippen LogP contribution in [-0.4, -0.2) is 9.04 Å². The summed E-state index contributed by atoms with van der Waals surface area (Å²) in [4.78, 5) is 0. The summed E-state index contributed by atoms with van der Waals surface area (Å²) in [7, 11) is -0.670. The van der Waals surface area contributed by atoms with E-state index in [9.17, 15) is 0 Å². The fraction of sp³-hybridized carbons (Fsp3) is 0.333. The molecular weight excluding hydrogens is 315 g/mol. The predicted molar refractivity (Wildman–Crippen MR) is 75.3 cm³/mol. The summed E-state index contributed by atoms with van der Waals surface area (Å²) in [6, 6.07) is 8.38. The van der Waals surface area contributed by atoms with E-state index >= 15 is 0 Å². The summed E-state index contributed by atoms with van der Waals surface area (Å²) in [6.07, 6.45) is 2.99. The molecular formula is C12H16IOSi. The van der Waals surface area contributed by atoms with Gasteiger partial charge in [0.2, 0.25) is 9.04 Å². The van der Waals surface area contributed by atoms with Gasteiger partial charge in [0.25, 0.3) is 0 Å². The summed E-state index contributed by atoms with van der Waals surface area (Å²) in [5.41, 5.74) is 1.28. The van der Waals surface area contributed by atoms with E-state index in [1.54, 1.807) is 0 Å². The van der Waals surface area contributed by atoms with Crippen molar-refractivity contribution in [3.05, 3.63) is 46.1 Å². The molecule has 3 heteroatoms. The van der Waals surface area contributed by atoms with Crippen molar-refractivity contribution in [2.45, 2.75) is 25.6 Å². The Bertz CT molecular complexity index is 325. The maximum absolute atomic E-state index is 5.98. The lowest BCUT2D eigenvalue weighted by Crippen LogP contribution is -2.14. The van der Waals surface area contributed by atoms with Crippen LogP contribution in [-0.2, 0) is 4.43 Å². The molecule has 0 saturated carbocycles. The topological polar surface area (TPSA) is 9.23 Å². The van der Waals surface area contributed by atoms with Crippen LogP contribution in [0.1, 0.15) is 18.1 Å². The van der Waals surface area contributed by atoms with Gasteiger partial charge in [-0.25, -0.2) is 0 Å². The van der Waals surface area contributed by atoms with Gasteiger partial charge in [-0.15, -0.1) is 6.58 Å². The van der Waals surface area contributed by atoms with Gasteiger partial charge in [0, 0.05) is 3.57 Å². The highest BCUT2D eigenvalue weighted by atomic mass is 127. The fourth-order valence-corrected chi connectivity index (χ4v) is 2.94. The average Bonchev–Trinajstić information content (AvgIpc) is 2.17. The molecule has 0 saturated heterocycles. The molecule has 1 atom stereocenters. The van der Waals surface area contributed by atoms with Gasteiger partial charge < -0.3 is 4.43 Å². The van der Waals surface area contributed by atoms with Gasteiger partial charge in [0.1, 0.15) is 0 Å². The third-order valence-electron chi connectivity index (χ3n) is 2.01. The number of hydrogen-bond donors (Lipinski definition) is 0. The van der Waals surface area contributed by atoms with Gasteiger partial charge in [-0.05, 0) is 53.7 Å². The third-order valence-corrected chi connectivity index (χ3v) is 3.75. The minimum absolute atomic E-state index is 0.180. The lowest BCUT2D eigenvalue weighted by atomic mass is 10.1. The molecule has 0 aliphatic carbocycles. The summed E-state index contributed by atoms with van der Waals surface area (Å²) in [5.74, 6) is 0. The third kappa shape index (κ3) is 4.08. The van der Waals surface area contributed by atoms with Gasteiger partial charge in [0.05, 0.1) is 6.10 Å². The maximum Gasteiger partial charge on any atom is 0.205 e. The molecule has 81 valence electrons. The number of rotatable bonds is 5. The minimum atomic E-state index is -0.670. The molecule has 1 unspecified atom stereocenters. The van der Waals surface area contributed by atoms with Gasteiger partial charge >= 0.3 is 0 Å². The summed E-state index contributed by atoms with van der Waals surface area (Å²) in [6.45, 7) is 8.12. The van der Waals surface area contributed by atoms with Gasteiger partial charge in [0.15, 0.2) is 0 Å². The number of hydrogen-bond acceptors (Lipinski definition) is 1. The van der Waals surface area contributed by atoms with Crippen LogP contribution in [0.2, 0.25) is 13.1 Å². The van der Waals surface area contributed by atoms with E-state index in [1.807, 2.05) is 6.08 Å². The first-order valence-corrected chi connectivity index (χ1v) is 8.46. The van der Waals surface area contributed by atoms with Crippen LogP contribution in [0.25, 0.3) is 0 Å². The SMILES string of the molecule is C=CCC(O[Si](C)C)c1ccccc1I. The molecule has 0 spiro atoms. The molecule has 15 heavy (non-hydrogen) atoms. The molecule has 1 nitrogen and oxygen atoms in total. The first-order chi connectivity index (χ1) is 7.15. The van der Waals surface area contributed by atoms with E-state index in [4.69, 9.17) is 4.43 Å². The van der Waals surface area contributed by atoms with E-state index in [0.717, 1.165) is 6.42 Å². The van der Waals surface area contributed by atoms with Gasteiger partial charge in [-0.2, -0.15) is 0 Å². The van der Waals surface area contributed by atoms with Crippen molar-refractivity contribution in [1.82, 2.24) is 0 Å². The quantitative estimate of drug-likeness (QED) is 0.447. The molecule has 0 amide bonds. The Kier molecular flexibility index (Phi) is 5.56. The number of halogens is 1. The summed E-state index contributed by atoms with van der Waals surface area (Å²) >= 11 is 2.36. The zero-order valence-corrected chi connectivity index (χ0v) is 12.3. The maximum atomic E-state index is 5.98. The van der Waals surface area contributed by atoms with Crippen molar-refractivity contribution >= 4 is 31.6 Å². The van der Waals surface area contributed by atoms with Crippen molar-refractivity contribution in [3.63, 3.8) is 0 Å². The molecule has 0 aliphatic rings. The highest BCUT2D eigenvalue weighted by Crippen LogP contribution is 2.26. The Morgan fingerprint density at radius 3 is 2.67 bits per heavy atom. The monoisotopic (exact) mass is 331 g/mol. The second kappa shape index (κ2) is 6.45. The minimum Gasteiger partial charge on any atom is -0.410 e. The van der Waals surface area contributed by atoms with Crippen LogP contribution < -0.4 is 0 Å². The Morgan fingerprint density at radius 1 is 1.47 bits per heavy atom. The van der Waals surface area contributed by atoms with Crippen LogP contribution in [0.4, 0.5) is 0 Å². The van der Waals surface area contributed by atoms with Crippen molar-refractivity contribution < 1.29 is 4.43 Å². The second-order valence-electron chi connectivity index (χ2n) is 3.56. The first kappa shape index (κ1) is 12.9. The van der Waals surface area contributed by atoms with Crippen LogP contribution >= 0.6 is 22.6 Å². The largest absolute Gasteiger partial charge is 0.410 e. The van der Waals surface area contributed by atoms with Crippen LogP contribution in [0.5, 0.6) is 0 Å². The van der Waals surface area contributed by atoms with Crippen LogP contribution in [0, 0.1) is 3.57 Å². The normalized spacial score (nSPS) is 12.8. The van der Waals surface area contributed by atoms with E-state index < -0.39 is 9.04 Å². The van der Waals surface area contributed by atoms with Crippen molar-refractivity contribution in [2.24, 2.45) is 0 Å². The van der Waals surface area contributed by atoms with E-state index in [-0.39, 0.29) is 6.10 Å². The van der Waals surface area contributed by atoms with Crippen molar-refractivity contribution in [1.29, 1.82) is 0 Å². The standard InChI is InChI=1S/C12H16IOSi/c1-4-7-12(14-15(2)3)10-8-5-6-9-11(10)13/h4-6,8-9,12H,1,7H2,2-3H3. The molecule has 0 aliphatic heterocycles. The molecule has 0 N–H and O–H groups in total. The van der Waals surface area contributed by atoms with Crippen molar-refractivity contribution in [2.75, 3.05) is 0 Å². The molecule has 1 aromatic carbocycles. The Labute approximate surface area is 107 Å². The Balaban J connectivity index is 2.88. The van der Waals surface area contributed by atoms with E-state index in [0.29, 0.717) is 0 Å². The molecule has 1 aromatic rings. The van der Waals surface area contributed by atoms with E-state index in [2.05, 4.69) is 66.5 Å².